The van der Waals surface area contributed by atoms with Gasteiger partial charge >= 0.3 is 0 Å². The van der Waals surface area contributed by atoms with Gasteiger partial charge in [0.05, 0.1) is 0 Å². The molecule has 1 aromatic carbocycles. The molecule has 0 saturated carbocycles. The topological polar surface area (TPSA) is 34.1 Å². The van der Waals surface area contributed by atoms with Crippen molar-refractivity contribution < 1.29 is 9.13 Å². The summed E-state index contributed by atoms with van der Waals surface area (Å²) in [7, 11) is 0. The van der Waals surface area contributed by atoms with Crippen LogP contribution in [-0.4, -0.2) is 11.5 Å². The van der Waals surface area contributed by atoms with E-state index in [2.05, 4.69) is 17.2 Å². The van der Waals surface area contributed by atoms with Crippen LogP contribution in [0.4, 0.5) is 4.39 Å². The van der Waals surface area contributed by atoms with Crippen LogP contribution in [0.3, 0.4) is 0 Å². The third-order valence-corrected chi connectivity index (χ3v) is 2.92. The third-order valence-electron chi connectivity index (χ3n) is 2.92. The van der Waals surface area contributed by atoms with Gasteiger partial charge in [-0.05, 0) is 37.1 Å². The molecule has 0 aliphatic carbocycles. The molecule has 20 heavy (non-hydrogen) atoms. The highest BCUT2D eigenvalue weighted by atomic mass is 19.1. The lowest BCUT2D eigenvalue weighted by atomic mass is 10.2. The number of aryl methyl sites for hydroxylation is 1. The molecule has 2 aromatic rings. The SMILES string of the molecule is CCCNCc1ccc(Oc2ccc(C)c(F)c2)nc1. The molecule has 3 nitrogen and oxygen atoms in total. The Labute approximate surface area is 118 Å². The maximum absolute atomic E-state index is 13.4. The smallest absolute Gasteiger partial charge is 0.219 e. The summed E-state index contributed by atoms with van der Waals surface area (Å²) in [4.78, 5) is 4.22. The third kappa shape index (κ3) is 4.03. The Bertz CT molecular complexity index is 555. The van der Waals surface area contributed by atoms with Crippen molar-refractivity contribution in [1.29, 1.82) is 0 Å². The van der Waals surface area contributed by atoms with Crippen LogP contribution in [0.5, 0.6) is 11.6 Å². The van der Waals surface area contributed by atoms with E-state index in [0.29, 0.717) is 17.2 Å². The molecule has 0 amide bonds. The van der Waals surface area contributed by atoms with E-state index in [1.807, 2.05) is 6.07 Å². The van der Waals surface area contributed by atoms with Gasteiger partial charge in [-0.1, -0.05) is 19.1 Å². The molecular formula is C16H19FN2O. The van der Waals surface area contributed by atoms with E-state index < -0.39 is 0 Å². The molecule has 0 radical (unpaired) electrons. The van der Waals surface area contributed by atoms with Crippen molar-refractivity contribution in [3.8, 4) is 11.6 Å². The molecule has 0 aliphatic heterocycles. The molecule has 2 rings (SSSR count). The quantitative estimate of drug-likeness (QED) is 0.813. The highest BCUT2D eigenvalue weighted by molar-refractivity contribution is 5.31. The van der Waals surface area contributed by atoms with Crippen LogP contribution < -0.4 is 10.1 Å². The summed E-state index contributed by atoms with van der Waals surface area (Å²) in [6, 6.07) is 8.54. The summed E-state index contributed by atoms with van der Waals surface area (Å²) in [6.07, 6.45) is 2.87. The van der Waals surface area contributed by atoms with Gasteiger partial charge in [0.2, 0.25) is 5.88 Å². The summed E-state index contributed by atoms with van der Waals surface area (Å²) in [5.74, 6) is 0.646. The molecule has 1 aromatic heterocycles. The van der Waals surface area contributed by atoms with Gasteiger partial charge in [0, 0.05) is 24.9 Å². The predicted molar refractivity (Wildman–Crippen MR) is 77.4 cm³/mol. The van der Waals surface area contributed by atoms with E-state index in [0.717, 1.165) is 25.1 Å². The van der Waals surface area contributed by atoms with E-state index in [1.165, 1.54) is 6.07 Å². The minimum atomic E-state index is -0.275. The Balaban J connectivity index is 1.97. The van der Waals surface area contributed by atoms with Gasteiger partial charge in [-0.2, -0.15) is 0 Å². The van der Waals surface area contributed by atoms with Crippen molar-refractivity contribution in [3.63, 3.8) is 0 Å². The maximum Gasteiger partial charge on any atom is 0.219 e. The number of aromatic nitrogens is 1. The highest BCUT2D eigenvalue weighted by Gasteiger charge is 2.03. The molecule has 4 heteroatoms. The molecule has 0 bridgehead atoms. The van der Waals surface area contributed by atoms with Gasteiger partial charge in [0.25, 0.3) is 0 Å². The van der Waals surface area contributed by atoms with Gasteiger partial charge in [-0.25, -0.2) is 9.37 Å². The Morgan fingerprint density at radius 1 is 1.25 bits per heavy atom. The summed E-state index contributed by atoms with van der Waals surface area (Å²) in [5.41, 5.74) is 1.70. The van der Waals surface area contributed by atoms with Crippen LogP contribution in [-0.2, 0) is 6.54 Å². The average Bonchev–Trinajstić information content (AvgIpc) is 2.45. The van der Waals surface area contributed by atoms with E-state index >= 15 is 0 Å². The first-order chi connectivity index (χ1) is 9.69. The minimum Gasteiger partial charge on any atom is -0.439 e. The number of hydrogen-bond donors (Lipinski definition) is 1. The number of hydrogen-bond acceptors (Lipinski definition) is 3. The van der Waals surface area contributed by atoms with Crippen LogP contribution >= 0.6 is 0 Å². The van der Waals surface area contributed by atoms with Crippen molar-refractivity contribution in [2.45, 2.75) is 26.8 Å². The van der Waals surface area contributed by atoms with Crippen molar-refractivity contribution in [2.24, 2.45) is 0 Å². The van der Waals surface area contributed by atoms with Crippen LogP contribution in [0.15, 0.2) is 36.5 Å². The van der Waals surface area contributed by atoms with Crippen LogP contribution in [0.1, 0.15) is 24.5 Å². The van der Waals surface area contributed by atoms with Gasteiger partial charge in [0.1, 0.15) is 11.6 Å². The maximum atomic E-state index is 13.4. The zero-order valence-corrected chi connectivity index (χ0v) is 11.8. The van der Waals surface area contributed by atoms with Crippen LogP contribution in [0.2, 0.25) is 0 Å². The van der Waals surface area contributed by atoms with Crippen molar-refractivity contribution in [1.82, 2.24) is 10.3 Å². The number of rotatable bonds is 6. The van der Waals surface area contributed by atoms with E-state index in [1.54, 1.807) is 31.3 Å². The first-order valence-electron chi connectivity index (χ1n) is 6.78. The normalized spacial score (nSPS) is 10.6. The standard InChI is InChI=1S/C16H19FN2O/c1-3-8-18-10-13-5-7-16(19-11-13)20-14-6-4-12(2)15(17)9-14/h4-7,9,11,18H,3,8,10H2,1-2H3. The van der Waals surface area contributed by atoms with E-state index in [4.69, 9.17) is 4.74 Å². The number of pyridine rings is 1. The first kappa shape index (κ1) is 14.5. The Morgan fingerprint density at radius 3 is 2.75 bits per heavy atom. The van der Waals surface area contributed by atoms with Gasteiger partial charge in [-0.3, -0.25) is 0 Å². The Hall–Kier alpha value is -1.94. The molecule has 0 fully saturated rings. The Kier molecular flexibility index (Phi) is 5.07. The molecule has 106 valence electrons. The number of halogens is 1. The van der Waals surface area contributed by atoms with Crippen LogP contribution in [0, 0.1) is 12.7 Å². The summed E-state index contributed by atoms with van der Waals surface area (Å²) >= 11 is 0. The van der Waals surface area contributed by atoms with Crippen molar-refractivity contribution >= 4 is 0 Å². The van der Waals surface area contributed by atoms with Gasteiger partial charge < -0.3 is 10.1 Å². The predicted octanol–water partition coefficient (Wildman–Crippen LogP) is 3.82. The molecule has 0 aliphatic rings. The van der Waals surface area contributed by atoms with E-state index in [9.17, 15) is 4.39 Å². The molecule has 0 saturated heterocycles. The molecule has 0 atom stereocenters. The number of ether oxygens (including phenoxy) is 1. The fourth-order valence-electron chi connectivity index (χ4n) is 1.74. The zero-order chi connectivity index (χ0) is 14.4. The molecule has 1 heterocycles. The second kappa shape index (κ2) is 7.01. The summed E-state index contributed by atoms with van der Waals surface area (Å²) < 4.78 is 18.9. The second-order valence-corrected chi connectivity index (χ2v) is 4.69. The lowest BCUT2D eigenvalue weighted by Gasteiger charge is -2.07. The second-order valence-electron chi connectivity index (χ2n) is 4.69. The highest BCUT2D eigenvalue weighted by Crippen LogP contribution is 2.21. The Morgan fingerprint density at radius 2 is 2.10 bits per heavy atom. The molecule has 0 spiro atoms. The van der Waals surface area contributed by atoms with E-state index in [-0.39, 0.29) is 5.82 Å². The number of nitrogens with one attached hydrogen (secondary N) is 1. The molecule has 1 N–H and O–H groups in total. The lowest BCUT2D eigenvalue weighted by Crippen LogP contribution is -2.13. The largest absolute Gasteiger partial charge is 0.439 e. The number of benzene rings is 1. The van der Waals surface area contributed by atoms with Gasteiger partial charge in [-0.15, -0.1) is 0 Å². The fraction of sp³-hybridized carbons (Fsp3) is 0.312. The summed E-state index contributed by atoms with van der Waals surface area (Å²) in [6.45, 7) is 5.62. The lowest BCUT2D eigenvalue weighted by molar-refractivity contribution is 0.457. The number of nitrogens with zero attached hydrogens (tertiary/aromatic N) is 1. The average molecular weight is 274 g/mol. The molecular weight excluding hydrogens is 255 g/mol. The van der Waals surface area contributed by atoms with Crippen molar-refractivity contribution in [2.75, 3.05) is 6.54 Å². The minimum absolute atomic E-state index is 0.275. The zero-order valence-electron chi connectivity index (χ0n) is 11.8. The fourth-order valence-corrected chi connectivity index (χ4v) is 1.74. The first-order valence-corrected chi connectivity index (χ1v) is 6.78. The summed E-state index contributed by atoms with van der Waals surface area (Å²) in [5, 5.41) is 3.30. The molecule has 0 unspecified atom stereocenters. The van der Waals surface area contributed by atoms with Crippen LogP contribution in [0.25, 0.3) is 0 Å². The van der Waals surface area contributed by atoms with Gasteiger partial charge in [0.15, 0.2) is 0 Å². The van der Waals surface area contributed by atoms with Crippen molar-refractivity contribution in [3.05, 3.63) is 53.5 Å². The monoisotopic (exact) mass is 274 g/mol.